The molecule has 0 radical (unpaired) electrons. The highest BCUT2D eigenvalue weighted by Crippen LogP contribution is 2.36. The van der Waals surface area contributed by atoms with Gasteiger partial charge in [0, 0.05) is 4.47 Å². The fourth-order valence-corrected chi connectivity index (χ4v) is 3.17. The van der Waals surface area contributed by atoms with Crippen molar-refractivity contribution in [2.24, 2.45) is 0 Å². The fourth-order valence-electron chi connectivity index (χ4n) is 1.73. The summed E-state index contributed by atoms with van der Waals surface area (Å²) in [6.07, 6.45) is 0. The topological polar surface area (TPSA) is 9.23 Å². The lowest BCUT2D eigenvalue weighted by Gasteiger charge is -2.14. The van der Waals surface area contributed by atoms with E-state index in [9.17, 15) is 8.78 Å². The summed E-state index contributed by atoms with van der Waals surface area (Å²) >= 11 is 6.82. The average molecular weight is 392 g/mol. The van der Waals surface area contributed by atoms with E-state index in [1.54, 1.807) is 18.2 Å². The van der Waals surface area contributed by atoms with Crippen LogP contribution in [0.4, 0.5) is 8.78 Å². The Bertz CT molecular complexity index is 602. The van der Waals surface area contributed by atoms with Gasteiger partial charge >= 0.3 is 0 Å². The van der Waals surface area contributed by atoms with E-state index in [1.165, 1.54) is 25.3 Å². The Morgan fingerprint density at radius 2 is 1.84 bits per heavy atom. The molecule has 0 saturated carbocycles. The van der Waals surface area contributed by atoms with Crippen LogP contribution in [0.15, 0.2) is 40.9 Å². The van der Waals surface area contributed by atoms with Gasteiger partial charge in [-0.1, -0.05) is 37.9 Å². The highest BCUT2D eigenvalue weighted by Gasteiger charge is 2.16. The molecule has 5 heteroatoms. The molecular formula is C14H10Br2F2O. The van der Waals surface area contributed by atoms with Gasteiger partial charge in [0.05, 0.1) is 11.9 Å². The predicted molar refractivity (Wildman–Crippen MR) is 77.8 cm³/mol. The lowest BCUT2D eigenvalue weighted by molar-refractivity contribution is 0.386. The molecule has 100 valence electrons. The Kier molecular flexibility index (Phi) is 4.58. The Balaban J connectivity index is 2.41. The Morgan fingerprint density at radius 1 is 1.11 bits per heavy atom. The molecule has 1 nitrogen and oxygen atoms in total. The molecule has 2 rings (SSSR count). The first-order valence-electron chi connectivity index (χ1n) is 5.45. The van der Waals surface area contributed by atoms with Crippen molar-refractivity contribution in [2.45, 2.75) is 4.83 Å². The third-order valence-corrected chi connectivity index (χ3v) is 4.44. The van der Waals surface area contributed by atoms with Crippen LogP contribution >= 0.6 is 31.9 Å². The molecule has 0 N–H and O–H groups in total. The van der Waals surface area contributed by atoms with Crippen LogP contribution in [0.5, 0.6) is 5.75 Å². The lowest BCUT2D eigenvalue weighted by Crippen LogP contribution is -1.97. The van der Waals surface area contributed by atoms with Crippen molar-refractivity contribution < 1.29 is 13.5 Å². The van der Waals surface area contributed by atoms with Crippen molar-refractivity contribution in [3.63, 3.8) is 0 Å². The molecular weight excluding hydrogens is 382 g/mol. The van der Waals surface area contributed by atoms with E-state index in [2.05, 4.69) is 31.9 Å². The second-order valence-corrected chi connectivity index (χ2v) is 5.69. The molecule has 0 spiro atoms. The van der Waals surface area contributed by atoms with Gasteiger partial charge in [-0.3, -0.25) is 0 Å². The highest BCUT2D eigenvalue weighted by atomic mass is 79.9. The standard InChI is InChI=1S/C14H10Br2F2O/c1-19-13-5-2-8(6-12(13)18)14(16)10-7-9(17)3-4-11(10)15/h2-7,14H,1H3. The van der Waals surface area contributed by atoms with E-state index in [-0.39, 0.29) is 16.4 Å². The third kappa shape index (κ3) is 3.15. The molecule has 0 heterocycles. The fraction of sp³-hybridized carbons (Fsp3) is 0.143. The van der Waals surface area contributed by atoms with Gasteiger partial charge in [-0.05, 0) is 41.5 Å². The number of hydrogen-bond donors (Lipinski definition) is 0. The van der Waals surface area contributed by atoms with Crippen LogP contribution in [0, 0.1) is 11.6 Å². The van der Waals surface area contributed by atoms with E-state index >= 15 is 0 Å². The summed E-state index contributed by atoms with van der Waals surface area (Å²) in [6.45, 7) is 0. The molecule has 0 aliphatic heterocycles. The first-order chi connectivity index (χ1) is 9.02. The van der Waals surface area contributed by atoms with E-state index in [4.69, 9.17) is 4.74 Å². The van der Waals surface area contributed by atoms with Crippen LogP contribution in [-0.2, 0) is 0 Å². The Morgan fingerprint density at radius 3 is 2.47 bits per heavy atom. The summed E-state index contributed by atoms with van der Waals surface area (Å²) < 4.78 is 32.6. The summed E-state index contributed by atoms with van der Waals surface area (Å²) in [5.74, 6) is -0.602. The Labute approximate surface area is 126 Å². The third-order valence-electron chi connectivity index (χ3n) is 2.70. The number of alkyl halides is 1. The van der Waals surface area contributed by atoms with Crippen molar-refractivity contribution in [1.29, 1.82) is 0 Å². The highest BCUT2D eigenvalue weighted by molar-refractivity contribution is 9.11. The number of ether oxygens (including phenoxy) is 1. The average Bonchev–Trinajstić information content (AvgIpc) is 2.40. The number of methoxy groups -OCH3 is 1. The van der Waals surface area contributed by atoms with E-state index in [0.717, 1.165) is 4.47 Å². The minimum absolute atomic E-state index is 0.182. The van der Waals surface area contributed by atoms with E-state index < -0.39 is 5.82 Å². The zero-order valence-corrected chi connectivity index (χ0v) is 13.1. The second-order valence-electron chi connectivity index (χ2n) is 3.92. The summed E-state index contributed by atoms with van der Waals surface area (Å²) in [6, 6.07) is 9.05. The van der Waals surface area contributed by atoms with E-state index in [1.807, 2.05) is 0 Å². The van der Waals surface area contributed by atoms with Gasteiger partial charge in [0.1, 0.15) is 5.82 Å². The van der Waals surface area contributed by atoms with Crippen LogP contribution in [0.25, 0.3) is 0 Å². The van der Waals surface area contributed by atoms with Crippen molar-refractivity contribution >= 4 is 31.9 Å². The van der Waals surface area contributed by atoms with Crippen molar-refractivity contribution in [1.82, 2.24) is 0 Å². The molecule has 0 aliphatic carbocycles. The number of hydrogen-bond acceptors (Lipinski definition) is 1. The zero-order chi connectivity index (χ0) is 14.0. The predicted octanol–water partition coefficient (Wildman–Crippen LogP) is 5.22. The molecule has 0 bridgehead atoms. The summed E-state index contributed by atoms with van der Waals surface area (Å²) in [4.78, 5) is -0.307. The lowest BCUT2D eigenvalue weighted by atomic mass is 10.0. The van der Waals surface area contributed by atoms with Gasteiger partial charge < -0.3 is 4.74 Å². The minimum Gasteiger partial charge on any atom is -0.494 e. The molecule has 1 atom stereocenters. The van der Waals surface area contributed by atoms with Gasteiger partial charge in [0.25, 0.3) is 0 Å². The molecule has 1 unspecified atom stereocenters. The summed E-state index contributed by atoms with van der Waals surface area (Å²) in [5, 5.41) is 0. The van der Waals surface area contributed by atoms with Gasteiger partial charge in [-0.2, -0.15) is 0 Å². The molecule has 19 heavy (non-hydrogen) atoms. The van der Waals surface area contributed by atoms with Gasteiger partial charge in [-0.15, -0.1) is 0 Å². The van der Waals surface area contributed by atoms with Gasteiger partial charge in [0.2, 0.25) is 0 Å². The maximum absolute atomic E-state index is 13.7. The minimum atomic E-state index is -0.447. The van der Waals surface area contributed by atoms with E-state index in [0.29, 0.717) is 11.1 Å². The Hall–Kier alpha value is -0.940. The molecule has 2 aromatic rings. The first kappa shape index (κ1) is 14.5. The smallest absolute Gasteiger partial charge is 0.165 e. The van der Waals surface area contributed by atoms with Gasteiger partial charge in [0.15, 0.2) is 11.6 Å². The quantitative estimate of drug-likeness (QED) is 0.651. The van der Waals surface area contributed by atoms with Crippen molar-refractivity contribution in [2.75, 3.05) is 7.11 Å². The summed E-state index contributed by atoms with van der Waals surface area (Å²) in [5.41, 5.74) is 1.38. The number of benzene rings is 2. The number of rotatable bonds is 3. The first-order valence-corrected chi connectivity index (χ1v) is 7.16. The van der Waals surface area contributed by atoms with Crippen LogP contribution in [0.1, 0.15) is 16.0 Å². The zero-order valence-electron chi connectivity index (χ0n) is 9.96. The van der Waals surface area contributed by atoms with Gasteiger partial charge in [-0.25, -0.2) is 8.78 Å². The van der Waals surface area contributed by atoms with Crippen molar-refractivity contribution in [3.8, 4) is 5.75 Å². The van der Waals surface area contributed by atoms with Crippen LogP contribution in [-0.4, -0.2) is 7.11 Å². The van der Waals surface area contributed by atoms with Crippen LogP contribution < -0.4 is 4.74 Å². The SMILES string of the molecule is COc1ccc(C(Br)c2cc(F)ccc2Br)cc1F. The molecule has 0 aliphatic rings. The molecule has 0 aromatic heterocycles. The molecule has 0 saturated heterocycles. The summed E-state index contributed by atoms with van der Waals surface area (Å²) in [7, 11) is 1.41. The molecule has 0 fully saturated rings. The van der Waals surface area contributed by atoms with Crippen LogP contribution in [0.2, 0.25) is 0 Å². The molecule has 0 amide bonds. The number of halogens is 4. The largest absolute Gasteiger partial charge is 0.494 e. The maximum atomic E-state index is 13.7. The molecule has 2 aromatic carbocycles. The maximum Gasteiger partial charge on any atom is 0.165 e. The van der Waals surface area contributed by atoms with Crippen LogP contribution in [0.3, 0.4) is 0 Å². The normalized spacial score (nSPS) is 12.3. The van der Waals surface area contributed by atoms with Crippen molar-refractivity contribution in [3.05, 3.63) is 63.6 Å². The second kappa shape index (κ2) is 6.01. The monoisotopic (exact) mass is 390 g/mol.